The maximum Gasteiger partial charge on any atom is 0.170 e. The van der Waals surface area contributed by atoms with Gasteiger partial charge in [-0.2, -0.15) is 0 Å². The molecule has 3 rings (SSSR count). The van der Waals surface area contributed by atoms with Crippen LogP contribution in [0.5, 0.6) is 5.75 Å². The van der Waals surface area contributed by atoms with Crippen molar-refractivity contribution in [3.63, 3.8) is 0 Å². The number of carbonyl (C=O) groups is 1. The van der Waals surface area contributed by atoms with Gasteiger partial charge < -0.3 is 9.64 Å². The van der Waals surface area contributed by atoms with Crippen LogP contribution in [-0.4, -0.2) is 36.4 Å². The number of likely N-dealkylation sites (tertiary alicyclic amines) is 1. The number of piperidine rings is 1. The van der Waals surface area contributed by atoms with Gasteiger partial charge in [0.15, 0.2) is 5.78 Å². The summed E-state index contributed by atoms with van der Waals surface area (Å²) in [5.74, 6) is 0.972. The summed E-state index contributed by atoms with van der Waals surface area (Å²) >= 11 is 3.52. The molecular weight excluding hydrogens is 306 g/mol. The van der Waals surface area contributed by atoms with Gasteiger partial charge in [-0.1, -0.05) is 15.9 Å². The second-order valence-corrected chi connectivity index (χ2v) is 6.64. The molecule has 1 saturated heterocycles. The van der Waals surface area contributed by atoms with Gasteiger partial charge in [0, 0.05) is 30.4 Å². The van der Waals surface area contributed by atoms with Gasteiger partial charge in [-0.15, -0.1) is 0 Å². The molecule has 102 valence electrons. The van der Waals surface area contributed by atoms with Crippen molar-refractivity contribution in [3.05, 3.63) is 27.7 Å². The number of nitrogens with zero attached hydrogens (tertiary/aromatic N) is 1. The first-order chi connectivity index (χ1) is 8.99. The lowest BCUT2D eigenvalue weighted by molar-refractivity contribution is -0.00374. The molecule has 2 aliphatic rings. The predicted molar refractivity (Wildman–Crippen MR) is 77.9 cm³/mol. The number of halogens is 1. The third-order valence-corrected chi connectivity index (χ3v) is 5.12. The first kappa shape index (κ1) is 13.1. The highest BCUT2D eigenvalue weighted by Crippen LogP contribution is 2.41. The summed E-state index contributed by atoms with van der Waals surface area (Å²) in [5, 5.41) is 0. The maximum atomic E-state index is 12.4. The number of Topliss-reactive ketones (excluding diaryl/α,β-unsaturated/α-hetero) is 1. The Hall–Kier alpha value is -0.870. The summed E-state index contributed by atoms with van der Waals surface area (Å²) in [6.45, 7) is 3.99. The van der Waals surface area contributed by atoms with Crippen molar-refractivity contribution in [1.82, 2.24) is 4.90 Å². The highest BCUT2D eigenvalue weighted by molar-refractivity contribution is 9.10. The van der Waals surface area contributed by atoms with Crippen molar-refractivity contribution in [3.8, 4) is 5.75 Å². The lowest BCUT2D eigenvalue weighted by Gasteiger charge is -2.43. The van der Waals surface area contributed by atoms with Crippen molar-refractivity contribution in [2.75, 3.05) is 20.1 Å². The van der Waals surface area contributed by atoms with Gasteiger partial charge in [0.2, 0.25) is 0 Å². The molecule has 0 aromatic heterocycles. The number of hydrogen-bond donors (Lipinski definition) is 0. The smallest absolute Gasteiger partial charge is 0.170 e. The van der Waals surface area contributed by atoms with Crippen LogP contribution in [0.4, 0.5) is 0 Å². The molecule has 0 N–H and O–H groups in total. The molecule has 0 atom stereocenters. The molecule has 0 unspecified atom stereocenters. The van der Waals surface area contributed by atoms with Crippen molar-refractivity contribution in [2.24, 2.45) is 0 Å². The van der Waals surface area contributed by atoms with E-state index in [1.165, 1.54) is 0 Å². The van der Waals surface area contributed by atoms with E-state index < -0.39 is 0 Å². The van der Waals surface area contributed by atoms with Crippen LogP contribution in [-0.2, 0) is 0 Å². The van der Waals surface area contributed by atoms with Gasteiger partial charge in [-0.3, -0.25) is 4.79 Å². The normalized spacial score (nSPS) is 22.2. The van der Waals surface area contributed by atoms with Crippen LogP contribution in [0, 0.1) is 6.92 Å². The van der Waals surface area contributed by atoms with Crippen LogP contribution in [0.3, 0.4) is 0 Å². The first-order valence-electron chi connectivity index (χ1n) is 6.70. The molecule has 0 radical (unpaired) electrons. The van der Waals surface area contributed by atoms with E-state index in [-0.39, 0.29) is 11.4 Å². The summed E-state index contributed by atoms with van der Waals surface area (Å²) in [6.07, 6.45) is 2.38. The minimum atomic E-state index is -0.273. The van der Waals surface area contributed by atoms with E-state index in [1.54, 1.807) is 0 Å². The van der Waals surface area contributed by atoms with Crippen LogP contribution in [0.2, 0.25) is 0 Å². The van der Waals surface area contributed by atoms with Gasteiger partial charge in [0.25, 0.3) is 0 Å². The fraction of sp³-hybridized carbons (Fsp3) is 0.533. The molecule has 2 heterocycles. The van der Waals surface area contributed by atoms with Gasteiger partial charge in [0.05, 0.1) is 12.0 Å². The highest BCUT2D eigenvalue weighted by Gasteiger charge is 2.42. The van der Waals surface area contributed by atoms with Crippen molar-refractivity contribution >= 4 is 21.7 Å². The second-order valence-electron chi connectivity index (χ2n) is 5.79. The molecular formula is C15H18BrNO2. The minimum Gasteiger partial charge on any atom is -0.486 e. The van der Waals surface area contributed by atoms with Gasteiger partial charge >= 0.3 is 0 Å². The topological polar surface area (TPSA) is 29.5 Å². The number of benzene rings is 1. The quantitative estimate of drug-likeness (QED) is 0.734. The Bertz CT molecular complexity index is 533. The molecule has 1 aromatic carbocycles. The van der Waals surface area contributed by atoms with Gasteiger partial charge in [-0.05, 0) is 31.7 Å². The third-order valence-electron chi connectivity index (χ3n) is 4.27. The average molecular weight is 324 g/mol. The molecule has 0 saturated carbocycles. The van der Waals surface area contributed by atoms with Gasteiger partial charge in [-0.25, -0.2) is 0 Å². The van der Waals surface area contributed by atoms with Crippen LogP contribution in [0.1, 0.15) is 35.2 Å². The van der Waals surface area contributed by atoms with E-state index in [1.807, 2.05) is 19.1 Å². The largest absolute Gasteiger partial charge is 0.486 e. The molecule has 4 heteroatoms. The van der Waals surface area contributed by atoms with Crippen molar-refractivity contribution in [1.29, 1.82) is 0 Å². The molecule has 0 aliphatic carbocycles. The van der Waals surface area contributed by atoms with E-state index in [2.05, 4.69) is 27.9 Å². The van der Waals surface area contributed by atoms with Crippen molar-refractivity contribution < 1.29 is 9.53 Å². The number of ether oxygens (including phenoxy) is 1. The van der Waals surface area contributed by atoms with Crippen LogP contribution in [0.25, 0.3) is 0 Å². The number of rotatable bonds is 0. The summed E-state index contributed by atoms with van der Waals surface area (Å²) in [4.78, 5) is 14.7. The fourth-order valence-corrected chi connectivity index (χ4v) is 3.25. The zero-order valence-corrected chi connectivity index (χ0v) is 12.9. The summed E-state index contributed by atoms with van der Waals surface area (Å²) in [5.41, 5.74) is 1.55. The zero-order valence-electron chi connectivity index (χ0n) is 11.3. The Morgan fingerprint density at radius 3 is 2.68 bits per heavy atom. The van der Waals surface area contributed by atoms with E-state index in [0.717, 1.165) is 47.3 Å². The minimum absolute atomic E-state index is 0.224. The summed E-state index contributed by atoms with van der Waals surface area (Å²) < 4.78 is 7.24. The second kappa shape index (κ2) is 4.60. The van der Waals surface area contributed by atoms with E-state index in [4.69, 9.17) is 4.74 Å². The number of carbonyl (C=O) groups excluding carboxylic acids is 1. The molecule has 19 heavy (non-hydrogen) atoms. The fourth-order valence-electron chi connectivity index (χ4n) is 2.93. The van der Waals surface area contributed by atoms with E-state index in [9.17, 15) is 4.79 Å². The van der Waals surface area contributed by atoms with Gasteiger partial charge in [0.1, 0.15) is 11.4 Å². The lowest BCUT2D eigenvalue weighted by atomic mass is 9.82. The van der Waals surface area contributed by atoms with Crippen LogP contribution in [0.15, 0.2) is 16.6 Å². The molecule has 1 aromatic rings. The number of ketones is 1. The van der Waals surface area contributed by atoms with E-state index in [0.29, 0.717) is 6.42 Å². The predicted octanol–water partition coefficient (Wildman–Crippen LogP) is 3.19. The average Bonchev–Trinajstić information content (AvgIpc) is 2.36. The first-order valence-corrected chi connectivity index (χ1v) is 7.49. The molecule has 1 fully saturated rings. The van der Waals surface area contributed by atoms with Crippen LogP contribution < -0.4 is 4.74 Å². The monoisotopic (exact) mass is 323 g/mol. The molecule has 3 nitrogen and oxygen atoms in total. The van der Waals surface area contributed by atoms with Crippen LogP contribution >= 0.6 is 15.9 Å². The number of fused-ring (bicyclic) bond motifs is 1. The summed E-state index contributed by atoms with van der Waals surface area (Å²) in [6, 6.07) is 3.88. The number of hydrogen-bond acceptors (Lipinski definition) is 3. The highest BCUT2D eigenvalue weighted by atomic mass is 79.9. The Morgan fingerprint density at radius 1 is 1.32 bits per heavy atom. The SMILES string of the molecule is Cc1cc2c(cc1Br)OC1(CCN(C)CC1)CC2=O. The molecule has 0 amide bonds. The van der Waals surface area contributed by atoms with Crippen molar-refractivity contribution in [2.45, 2.75) is 31.8 Å². The third kappa shape index (κ3) is 2.32. The Balaban J connectivity index is 1.95. The van der Waals surface area contributed by atoms with E-state index >= 15 is 0 Å². The molecule has 1 spiro atoms. The molecule has 2 aliphatic heterocycles. The standard InChI is InChI=1S/C15H18BrNO2/c1-10-7-11-13(18)9-15(3-5-17(2)6-4-15)19-14(11)8-12(10)16/h7-8H,3-6,9H2,1-2H3. The Kier molecular flexibility index (Phi) is 3.18. The maximum absolute atomic E-state index is 12.4. The number of aryl methyl sites for hydroxylation is 1. The zero-order chi connectivity index (χ0) is 13.6. The lowest BCUT2D eigenvalue weighted by Crippen LogP contribution is -2.50. The Morgan fingerprint density at radius 2 is 2.00 bits per heavy atom. The Labute approximate surface area is 122 Å². The summed E-state index contributed by atoms with van der Waals surface area (Å²) in [7, 11) is 2.12. The molecule has 0 bridgehead atoms.